The van der Waals surface area contributed by atoms with Crippen molar-refractivity contribution in [1.29, 1.82) is 0 Å². The number of nitrogens with zero attached hydrogens (tertiary/aromatic N) is 1. The number of hydrogen-bond acceptors (Lipinski definition) is 3. The molecule has 4 nitrogen and oxygen atoms in total. The Hall–Kier alpha value is -1.24. The average molecular weight is 345 g/mol. The number of benzene rings is 1. The summed E-state index contributed by atoms with van der Waals surface area (Å²) in [5.41, 5.74) is 6.14. The van der Waals surface area contributed by atoms with Gasteiger partial charge in [-0.05, 0) is 18.2 Å². The summed E-state index contributed by atoms with van der Waals surface area (Å²) < 4.78 is 19.4. The first-order valence-electron chi connectivity index (χ1n) is 6.07. The van der Waals surface area contributed by atoms with Crippen molar-refractivity contribution in [3.63, 3.8) is 0 Å². The highest BCUT2D eigenvalue weighted by Gasteiger charge is 2.21. The van der Waals surface area contributed by atoms with Crippen molar-refractivity contribution in [2.45, 2.75) is 12.6 Å². The Labute approximate surface area is 126 Å². The van der Waals surface area contributed by atoms with Crippen LogP contribution in [0.1, 0.15) is 5.56 Å². The Balaban J connectivity index is 2.88. The normalized spacial score (nSPS) is 12.0. The molecule has 1 aromatic carbocycles. The van der Waals surface area contributed by atoms with E-state index in [1.165, 1.54) is 18.1 Å². The lowest BCUT2D eigenvalue weighted by atomic mass is 10.1. The van der Waals surface area contributed by atoms with E-state index < -0.39 is 6.04 Å². The molecular formula is C14H18BrFN2O2. The van der Waals surface area contributed by atoms with Crippen LogP contribution >= 0.6 is 15.9 Å². The van der Waals surface area contributed by atoms with Gasteiger partial charge in [0, 0.05) is 30.2 Å². The van der Waals surface area contributed by atoms with E-state index in [0.717, 1.165) is 4.47 Å². The van der Waals surface area contributed by atoms with Crippen molar-refractivity contribution >= 4 is 21.8 Å². The maximum absolute atomic E-state index is 13.7. The van der Waals surface area contributed by atoms with Gasteiger partial charge in [0.25, 0.3) is 0 Å². The second-order valence-corrected chi connectivity index (χ2v) is 5.22. The summed E-state index contributed by atoms with van der Waals surface area (Å²) in [5, 5.41) is 0. The summed E-state index contributed by atoms with van der Waals surface area (Å²) in [7, 11) is 1.47. The number of hydrogen-bond donors (Lipinski definition) is 1. The lowest BCUT2D eigenvalue weighted by Gasteiger charge is -2.24. The van der Waals surface area contributed by atoms with Crippen molar-refractivity contribution in [2.24, 2.45) is 5.73 Å². The van der Waals surface area contributed by atoms with E-state index in [4.69, 9.17) is 10.5 Å². The zero-order chi connectivity index (χ0) is 15.1. The Kier molecular flexibility index (Phi) is 6.84. The van der Waals surface area contributed by atoms with Gasteiger partial charge in [-0.15, -0.1) is 6.58 Å². The number of methoxy groups -OCH3 is 1. The summed E-state index contributed by atoms with van der Waals surface area (Å²) in [6, 6.07) is 3.83. The molecule has 0 radical (unpaired) electrons. The minimum atomic E-state index is -0.768. The Morgan fingerprint density at radius 1 is 1.65 bits per heavy atom. The molecule has 0 saturated heterocycles. The van der Waals surface area contributed by atoms with Gasteiger partial charge in [-0.3, -0.25) is 4.79 Å². The van der Waals surface area contributed by atoms with Crippen LogP contribution < -0.4 is 5.73 Å². The van der Waals surface area contributed by atoms with Crippen molar-refractivity contribution < 1.29 is 13.9 Å². The molecule has 2 N–H and O–H groups in total. The second kappa shape index (κ2) is 8.14. The maximum Gasteiger partial charge on any atom is 0.242 e. The first kappa shape index (κ1) is 16.8. The van der Waals surface area contributed by atoms with Crippen LogP contribution in [0.4, 0.5) is 4.39 Å². The standard InChI is InChI=1S/C14H18BrFN2O2/c1-3-6-18(14(19)13(17)9-20-2)8-10-7-11(15)4-5-12(10)16/h3-5,7,13H,1,6,8-9,17H2,2H3. The lowest BCUT2D eigenvalue weighted by Crippen LogP contribution is -2.45. The molecule has 0 spiro atoms. The molecule has 1 aromatic rings. The van der Waals surface area contributed by atoms with E-state index >= 15 is 0 Å². The van der Waals surface area contributed by atoms with E-state index in [2.05, 4.69) is 22.5 Å². The van der Waals surface area contributed by atoms with Crippen LogP contribution in [0.15, 0.2) is 35.3 Å². The number of carbonyl (C=O) groups is 1. The number of nitrogens with two attached hydrogens (primary N) is 1. The van der Waals surface area contributed by atoms with Crippen molar-refractivity contribution in [2.75, 3.05) is 20.3 Å². The molecule has 0 saturated carbocycles. The molecule has 6 heteroatoms. The molecule has 1 amide bonds. The summed E-state index contributed by atoms with van der Waals surface area (Å²) >= 11 is 3.28. The third-order valence-corrected chi connectivity index (χ3v) is 3.19. The minimum absolute atomic E-state index is 0.118. The van der Waals surface area contributed by atoms with Gasteiger partial charge in [0.05, 0.1) is 6.61 Å². The van der Waals surface area contributed by atoms with Crippen LogP contribution in [0.25, 0.3) is 0 Å². The van der Waals surface area contributed by atoms with E-state index in [1.807, 2.05) is 0 Å². The minimum Gasteiger partial charge on any atom is -0.383 e. The molecule has 20 heavy (non-hydrogen) atoms. The number of carbonyl (C=O) groups excluding carboxylic acids is 1. The quantitative estimate of drug-likeness (QED) is 0.770. The van der Waals surface area contributed by atoms with E-state index in [1.54, 1.807) is 18.2 Å². The van der Waals surface area contributed by atoms with Gasteiger partial charge >= 0.3 is 0 Å². The molecule has 0 bridgehead atoms. The Morgan fingerprint density at radius 2 is 2.35 bits per heavy atom. The molecule has 0 fully saturated rings. The fourth-order valence-corrected chi connectivity index (χ4v) is 2.15. The van der Waals surface area contributed by atoms with Crippen molar-refractivity contribution in [3.05, 3.63) is 46.7 Å². The number of halogens is 2. The van der Waals surface area contributed by atoms with E-state index in [9.17, 15) is 9.18 Å². The summed E-state index contributed by atoms with van der Waals surface area (Å²) in [6.07, 6.45) is 1.58. The van der Waals surface area contributed by atoms with Gasteiger partial charge in [-0.2, -0.15) is 0 Å². The molecule has 0 aromatic heterocycles. The number of ether oxygens (including phenoxy) is 1. The van der Waals surface area contributed by atoms with Gasteiger partial charge in [0.15, 0.2) is 0 Å². The van der Waals surface area contributed by atoms with Crippen LogP contribution in [-0.4, -0.2) is 37.1 Å². The van der Waals surface area contributed by atoms with Gasteiger partial charge in [-0.25, -0.2) is 4.39 Å². The number of amides is 1. The van der Waals surface area contributed by atoms with Crippen LogP contribution in [0, 0.1) is 5.82 Å². The summed E-state index contributed by atoms with van der Waals surface area (Å²) in [6.45, 7) is 4.15. The van der Waals surface area contributed by atoms with Crippen LogP contribution in [0.2, 0.25) is 0 Å². The number of rotatable bonds is 7. The average Bonchev–Trinajstić information content (AvgIpc) is 2.41. The molecule has 1 unspecified atom stereocenters. The predicted octanol–water partition coefficient (Wildman–Crippen LogP) is 2.08. The van der Waals surface area contributed by atoms with Gasteiger partial charge in [-0.1, -0.05) is 22.0 Å². The smallest absolute Gasteiger partial charge is 0.242 e. The van der Waals surface area contributed by atoms with E-state index in [0.29, 0.717) is 12.1 Å². The first-order valence-corrected chi connectivity index (χ1v) is 6.87. The highest BCUT2D eigenvalue weighted by Crippen LogP contribution is 2.17. The zero-order valence-corrected chi connectivity index (χ0v) is 12.9. The molecule has 0 aliphatic rings. The van der Waals surface area contributed by atoms with Crippen LogP contribution in [-0.2, 0) is 16.1 Å². The second-order valence-electron chi connectivity index (χ2n) is 4.31. The first-order chi connectivity index (χ1) is 9.49. The zero-order valence-electron chi connectivity index (χ0n) is 11.3. The molecule has 110 valence electrons. The Morgan fingerprint density at radius 3 is 2.95 bits per heavy atom. The third kappa shape index (κ3) is 4.70. The van der Waals surface area contributed by atoms with E-state index in [-0.39, 0.29) is 24.9 Å². The molecule has 1 rings (SSSR count). The third-order valence-electron chi connectivity index (χ3n) is 2.69. The van der Waals surface area contributed by atoms with Crippen LogP contribution in [0.3, 0.4) is 0 Å². The largest absolute Gasteiger partial charge is 0.383 e. The topological polar surface area (TPSA) is 55.6 Å². The molecular weight excluding hydrogens is 327 g/mol. The van der Waals surface area contributed by atoms with Crippen molar-refractivity contribution in [3.8, 4) is 0 Å². The molecule has 0 aliphatic carbocycles. The summed E-state index contributed by atoms with van der Waals surface area (Å²) in [5.74, 6) is -0.665. The van der Waals surface area contributed by atoms with Gasteiger partial charge in [0.2, 0.25) is 5.91 Å². The van der Waals surface area contributed by atoms with Crippen molar-refractivity contribution in [1.82, 2.24) is 4.90 Å². The fourth-order valence-electron chi connectivity index (χ4n) is 1.74. The summed E-state index contributed by atoms with van der Waals surface area (Å²) in [4.78, 5) is 13.6. The SMILES string of the molecule is C=CCN(Cc1cc(Br)ccc1F)C(=O)C(N)COC. The lowest BCUT2D eigenvalue weighted by molar-refractivity contribution is -0.133. The van der Waals surface area contributed by atoms with Gasteiger partial charge < -0.3 is 15.4 Å². The Bertz CT molecular complexity index is 482. The molecule has 0 heterocycles. The predicted molar refractivity (Wildman–Crippen MR) is 79.6 cm³/mol. The fraction of sp³-hybridized carbons (Fsp3) is 0.357. The highest BCUT2D eigenvalue weighted by atomic mass is 79.9. The molecule has 0 aliphatic heterocycles. The maximum atomic E-state index is 13.7. The van der Waals surface area contributed by atoms with Gasteiger partial charge in [0.1, 0.15) is 11.9 Å². The molecule has 1 atom stereocenters. The monoisotopic (exact) mass is 344 g/mol. The van der Waals surface area contributed by atoms with Crippen LogP contribution in [0.5, 0.6) is 0 Å². The highest BCUT2D eigenvalue weighted by molar-refractivity contribution is 9.10.